The van der Waals surface area contributed by atoms with Crippen LogP contribution in [0, 0.1) is 46.3 Å². The molecule has 4 aliphatic carbocycles. The smallest absolute Gasteiger partial charge is 0.0577 e. The molecule has 3 fully saturated rings. The van der Waals surface area contributed by atoms with Crippen molar-refractivity contribution in [3.8, 4) is 0 Å². The van der Waals surface area contributed by atoms with E-state index in [1.54, 1.807) is 5.57 Å². The summed E-state index contributed by atoms with van der Waals surface area (Å²) in [5.41, 5.74) is 2.44. The molecule has 0 spiro atoms. The summed E-state index contributed by atoms with van der Waals surface area (Å²) < 4.78 is 0. The van der Waals surface area contributed by atoms with E-state index in [0.717, 1.165) is 48.9 Å². The highest BCUT2D eigenvalue weighted by atomic mass is 16.3. The molecule has 2 nitrogen and oxygen atoms in total. The molecule has 3 saturated carbocycles. The fraction of sp³-hybridized carbons (Fsp3) is 0.926. The predicted octanol–water partition coefficient (Wildman–Crippen LogP) is 6.36. The standard InChI is InChI=1S/C27H46O2/c1-17(2)25(29)11-6-18(3)22-9-10-23-21-8-7-19-16-20(28)12-14-26(19,4)24(21)13-15-27(22,23)5/h7,17-18,20-25,28-29H,6,8-16H2,1-5H3/t18-,20+,21+,22?,23+,24+,25-,26+,27-/m1/s1. The van der Waals surface area contributed by atoms with Gasteiger partial charge in [-0.25, -0.2) is 0 Å². The molecule has 1 unspecified atom stereocenters. The molecule has 0 aromatic carbocycles. The fourth-order valence-electron chi connectivity index (χ4n) is 8.59. The van der Waals surface area contributed by atoms with E-state index in [1.165, 1.54) is 44.9 Å². The van der Waals surface area contributed by atoms with Crippen LogP contribution in [0.5, 0.6) is 0 Å². The van der Waals surface area contributed by atoms with Crippen molar-refractivity contribution in [2.45, 2.75) is 111 Å². The van der Waals surface area contributed by atoms with Crippen LogP contribution in [-0.2, 0) is 0 Å². The van der Waals surface area contributed by atoms with E-state index in [1.807, 2.05) is 0 Å². The molecule has 166 valence electrons. The van der Waals surface area contributed by atoms with Crippen LogP contribution in [0.25, 0.3) is 0 Å². The maximum absolute atomic E-state index is 10.3. The predicted molar refractivity (Wildman–Crippen MR) is 120 cm³/mol. The van der Waals surface area contributed by atoms with E-state index >= 15 is 0 Å². The van der Waals surface area contributed by atoms with Gasteiger partial charge in [0.15, 0.2) is 0 Å². The first-order chi connectivity index (χ1) is 13.7. The lowest BCUT2D eigenvalue weighted by atomic mass is 9.47. The number of hydrogen-bond acceptors (Lipinski definition) is 2. The molecule has 0 aromatic heterocycles. The number of allylic oxidation sites excluding steroid dienone is 1. The van der Waals surface area contributed by atoms with Gasteiger partial charge in [-0.15, -0.1) is 0 Å². The molecule has 0 saturated heterocycles. The van der Waals surface area contributed by atoms with Gasteiger partial charge in [0, 0.05) is 0 Å². The average Bonchev–Trinajstić information content (AvgIpc) is 3.03. The van der Waals surface area contributed by atoms with Crippen molar-refractivity contribution in [3.05, 3.63) is 11.6 Å². The Morgan fingerprint density at radius 2 is 1.76 bits per heavy atom. The summed E-state index contributed by atoms with van der Waals surface area (Å²) in [6.07, 6.45) is 14.4. The number of fused-ring (bicyclic) bond motifs is 5. The van der Waals surface area contributed by atoms with Crippen molar-refractivity contribution >= 4 is 0 Å². The van der Waals surface area contributed by atoms with Gasteiger partial charge in [-0.05, 0) is 111 Å². The van der Waals surface area contributed by atoms with E-state index in [9.17, 15) is 10.2 Å². The van der Waals surface area contributed by atoms with Gasteiger partial charge in [0.1, 0.15) is 0 Å². The molecule has 4 rings (SSSR count). The Morgan fingerprint density at radius 3 is 2.48 bits per heavy atom. The zero-order valence-corrected chi connectivity index (χ0v) is 19.7. The molecule has 0 aliphatic heterocycles. The summed E-state index contributed by atoms with van der Waals surface area (Å²) in [6.45, 7) is 11.9. The second kappa shape index (κ2) is 7.97. The first kappa shape index (κ1) is 21.9. The molecule has 0 radical (unpaired) electrons. The minimum absolute atomic E-state index is 0.0994. The minimum atomic E-state index is -0.137. The van der Waals surface area contributed by atoms with Gasteiger partial charge < -0.3 is 10.2 Å². The van der Waals surface area contributed by atoms with Crippen LogP contribution in [0.4, 0.5) is 0 Å². The Hall–Kier alpha value is -0.340. The molecule has 0 bridgehead atoms. The maximum Gasteiger partial charge on any atom is 0.0577 e. The van der Waals surface area contributed by atoms with Crippen LogP contribution in [-0.4, -0.2) is 22.4 Å². The van der Waals surface area contributed by atoms with Crippen LogP contribution < -0.4 is 0 Å². The van der Waals surface area contributed by atoms with Crippen molar-refractivity contribution in [1.29, 1.82) is 0 Å². The van der Waals surface area contributed by atoms with Crippen molar-refractivity contribution in [2.24, 2.45) is 46.3 Å². The van der Waals surface area contributed by atoms with E-state index in [2.05, 4.69) is 40.7 Å². The second-order valence-electron chi connectivity index (χ2n) is 12.3. The lowest BCUT2D eigenvalue weighted by Crippen LogP contribution is -2.50. The highest BCUT2D eigenvalue weighted by Crippen LogP contribution is 2.67. The summed E-state index contributed by atoms with van der Waals surface area (Å²) in [5.74, 6) is 4.51. The van der Waals surface area contributed by atoms with Crippen molar-refractivity contribution in [2.75, 3.05) is 0 Å². The first-order valence-corrected chi connectivity index (χ1v) is 12.7. The van der Waals surface area contributed by atoms with Crippen molar-refractivity contribution < 1.29 is 10.2 Å². The third-order valence-corrected chi connectivity index (χ3v) is 10.5. The minimum Gasteiger partial charge on any atom is -0.393 e. The topological polar surface area (TPSA) is 40.5 Å². The summed E-state index contributed by atoms with van der Waals surface area (Å²) in [6, 6.07) is 0. The number of hydrogen-bond donors (Lipinski definition) is 2. The van der Waals surface area contributed by atoms with Crippen molar-refractivity contribution in [3.63, 3.8) is 0 Å². The summed E-state index contributed by atoms with van der Waals surface area (Å²) in [4.78, 5) is 0. The molecule has 2 N–H and O–H groups in total. The van der Waals surface area contributed by atoms with Gasteiger partial charge in [0.05, 0.1) is 12.2 Å². The largest absolute Gasteiger partial charge is 0.393 e. The maximum atomic E-state index is 10.3. The monoisotopic (exact) mass is 402 g/mol. The lowest BCUT2D eigenvalue weighted by Gasteiger charge is -2.58. The third-order valence-electron chi connectivity index (χ3n) is 10.5. The van der Waals surface area contributed by atoms with E-state index < -0.39 is 0 Å². The molecule has 0 heterocycles. The third kappa shape index (κ3) is 3.65. The van der Waals surface area contributed by atoms with Gasteiger partial charge in [-0.2, -0.15) is 0 Å². The Bertz CT molecular complexity index is 624. The zero-order valence-electron chi connectivity index (χ0n) is 19.7. The average molecular weight is 403 g/mol. The number of aliphatic hydroxyl groups excluding tert-OH is 2. The van der Waals surface area contributed by atoms with Crippen molar-refractivity contribution in [1.82, 2.24) is 0 Å². The Balaban J connectivity index is 1.49. The molecule has 2 heteroatoms. The Labute approximate surface area is 179 Å². The van der Waals surface area contributed by atoms with Gasteiger partial charge in [0.25, 0.3) is 0 Å². The second-order valence-corrected chi connectivity index (χ2v) is 12.3. The molecule has 29 heavy (non-hydrogen) atoms. The Kier molecular flexibility index (Phi) is 6.01. The van der Waals surface area contributed by atoms with Gasteiger partial charge in [-0.3, -0.25) is 0 Å². The molecule has 0 aromatic rings. The SMILES string of the molecule is CC(C)[C@H](O)CC[C@@H](C)C1CC[C@H]2[C@@H]3CC=C4C[C@@H](O)CC[C@]4(C)[C@H]3CC[C@]12C. The molecule has 0 amide bonds. The van der Waals surface area contributed by atoms with Gasteiger partial charge >= 0.3 is 0 Å². The van der Waals surface area contributed by atoms with Crippen LogP contribution in [0.1, 0.15) is 98.8 Å². The van der Waals surface area contributed by atoms with Crippen LogP contribution in [0.15, 0.2) is 11.6 Å². The molecular weight excluding hydrogens is 356 g/mol. The number of rotatable bonds is 5. The van der Waals surface area contributed by atoms with Crippen LogP contribution >= 0.6 is 0 Å². The summed E-state index contributed by atoms with van der Waals surface area (Å²) >= 11 is 0. The summed E-state index contributed by atoms with van der Waals surface area (Å²) in [7, 11) is 0. The van der Waals surface area contributed by atoms with Crippen LogP contribution in [0.2, 0.25) is 0 Å². The zero-order chi connectivity index (χ0) is 21.0. The number of aliphatic hydroxyl groups is 2. The van der Waals surface area contributed by atoms with E-state index in [0.29, 0.717) is 16.7 Å². The quantitative estimate of drug-likeness (QED) is 0.525. The first-order valence-electron chi connectivity index (χ1n) is 12.7. The highest BCUT2D eigenvalue weighted by molar-refractivity contribution is 5.25. The summed E-state index contributed by atoms with van der Waals surface area (Å²) in [5, 5.41) is 20.5. The normalized spacial score (nSPS) is 46.5. The van der Waals surface area contributed by atoms with E-state index in [-0.39, 0.29) is 12.2 Å². The lowest BCUT2D eigenvalue weighted by molar-refractivity contribution is -0.0579. The fourth-order valence-corrected chi connectivity index (χ4v) is 8.59. The van der Waals surface area contributed by atoms with Gasteiger partial charge in [-0.1, -0.05) is 46.3 Å². The Morgan fingerprint density at radius 1 is 1.00 bits per heavy atom. The highest BCUT2D eigenvalue weighted by Gasteiger charge is 2.59. The molecule has 9 atom stereocenters. The van der Waals surface area contributed by atoms with Gasteiger partial charge in [0.2, 0.25) is 0 Å². The molecule has 4 aliphatic rings. The van der Waals surface area contributed by atoms with E-state index in [4.69, 9.17) is 0 Å². The molecular formula is C27H46O2. The van der Waals surface area contributed by atoms with Crippen LogP contribution in [0.3, 0.4) is 0 Å².